The molecule has 0 aliphatic rings. The maximum atomic E-state index is 14.3. The lowest BCUT2D eigenvalue weighted by molar-refractivity contribution is 0.166. The molecular formula is C23H21F3O3. The number of phenols is 1. The van der Waals surface area contributed by atoms with Crippen LogP contribution in [0.25, 0.3) is 11.1 Å². The molecule has 6 heteroatoms. The predicted molar refractivity (Wildman–Crippen MR) is 104 cm³/mol. The van der Waals surface area contributed by atoms with Crippen molar-refractivity contribution < 1.29 is 28.1 Å². The number of hydrogen-bond acceptors (Lipinski definition) is 3. The SMILES string of the molecule is CCCC(O)c1ccc(COc2ccc(-c3ccc(O)c(F)c3F)cc2)c(F)c1. The first-order valence-electron chi connectivity index (χ1n) is 9.27. The van der Waals surface area contributed by atoms with Crippen molar-refractivity contribution in [3.8, 4) is 22.6 Å². The van der Waals surface area contributed by atoms with Crippen molar-refractivity contribution in [1.82, 2.24) is 0 Å². The standard InChI is InChI=1S/C23H21F3O3/c1-2-3-20(27)15-4-5-16(19(24)12-15)13-29-17-8-6-14(7-9-17)18-10-11-21(28)23(26)22(18)25/h4-12,20,27-28H,2-3,13H2,1H3. The van der Waals surface area contributed by atoms with E-state index in [2.05, 4.69) is 0 Å². The molecular weight excluding hydrogens is 381 g/mol. The Morgan fingerprint density at radius 1 is 0.931 bits per heavy atom. The van der Waals surface area contributed by atoms with E-state index in [0.29, 0.717) is 28.9 Å². The van der Waals surface area contributed by atoms with E-state index in [1.165, 1.54) is 12.1 Å². The molecule has 152 valence electrons. The highest BCUT2D eigenvalue weighted by Crippen LogP contribution is 2.30. The molecule has 0 heterocycles. The molecule has 1 atom stereocenters. The quantitative estimate of drug-likeness (QED) is 0.518. The molecule has 0 spiro atoms. The molecule has 0 radical (unpaired) electrons. The first kappa shape index (κ1) is 20.7. The Morgan fingerprint density at radius 3 is 2.31 bits per heavy atom. The minimum atomic E-state index is -1.30. The predicted octanol–water partition coefficient (Wildman–Crippen LogP) is 5.89. The Morgan fingerprint density at radius 2 is 1.66 bits per heavy atom. The molecule has 0 amide bonds. The molecule has 0 fully saturated rings. The Balaban J connectivity index is 1.69. The number of aliphatic hydroxyl groups is 1. The van der Waals surface area contributed by atoms with Crippen LogP contribution in [-0.4, -0.2) is 10.2 Å². The second-order valence-corrected chi connectivity index (χ2v) is 6.73. The molecule has 0 aliphatic carbocycles. The fourth-order valence-corrected chi connectivity index (χ4v) is 2.98. The summed E-state index contributed by atoms with van der Waals surface area (Å²) in [6.07, 6.45) is 0.666. The highest BCUT2D eigenvalue weighted by atomic mass is 19.2. The van der Waals surface area contributed by atoms with Crippen LogP contribution in [0, 0.1) is 17.5 Å². The number of rotatable bonds is 7. The summed E-state index contributed by atoms with van der Waals surface area (Å²) in [5, 5.41) is 19.2. The van der Waals surface area contributed by atoms with Crippen LogP contribution in [0.1, 0.15) is 37.0 Å². The van der Waals surface area contributed by atoms with Gasteiger partial charge in [0.05, 0.1) is 6.10 Å². The molecule has 0 saturated heterocycles. The monoisotopic (exact) mass is 402 g/mol. The molecule has 29 heavy (non-hydrogen) atoms. The minimum Gasteiger partial charge on any atom is -0.505 e. The number of hydrogen-bond donors (Lipinski definition) is 2. The van der Waals surface area contributed by atoms with Crippen LogP contribution in [-0.2, 0) is 6.61 Å². The van der Waals surface area contributed by atoms with Crippen LogP contribution in [0.5, 0.6) is 11.5 Å². The summed E-state index contributed by atoms with van der Waals surface area (Å²) in [5.41, 5.74) is 1.29. The minimum absolute atomic E-state index is 0.0131. The van der Waals surface area contributed by atoms with E-state index in [9.17, 15) is 23.4 Å². The van der Waals surface area contributed by atoms with Gasteiger partial charge >= 0.3 is 0 Å². The Kier molecular flexibility index (Phi) is 6.44. The van der Waals surface area contributed by atoms with Gasteiger partial charge in [-0.3, -0.25) is 0 Å². The van der Waals surface area contributed by atoms with E-state index >= 15 is 0 Å². The highest BCUT2D eigenvalue weighted by molar-refractivity contribution is 5.66. The number of aliphatic hydroxyl groups excluding tert-OH is 1. The van der Waals surface area contributed by atoms with Gasteiger partial charge in [0, 0.05) is 11.1 Å². The normalized spacial score (nSPS) is 12.0. The second-order valence-electron chi connectivity index (χ2n) is 6.73. The lowest BCUT2D eigenvalue weighted by atomic mass is 10.0. The van der Waals surface area contributed by atoms with Gasteiger partial charge in [0.2, 0.25) is 5.82 Å². The molecule has 3 nitrogen and oxygen atoms in total. The number of benzene rings is 3. The summed E-state index contributed by atoms with van der Waals surface area (Å²) in [6, 6.07) is 13.2. The van der Waals surface area contributed by atoms with Gasteiger partial charge < -0.3 is 14.9 Å². The summed E-state index contributed by atoms with van der Waals surface area (Å²) >= 11 is 0. The van der Waals surface area contributed by atoms with Gasteiger partial charge in [-0.05, 0) is 47.9 Å². The van der Waals surface area contributed by atoms with E-state index in [0.717, 1.165) is 12.5 Å². The van der Waals surface area contributed by atoms with Crippen molar-refractivity contribution in [3.63, 3.8) is 0 Å². The van der Waals surface area contributed by atoms with Gasteiger partial charge in [0.15, 0.2) is 11.6 Å². The average Bonchev–Trinajstić information content (AvgIpc) is 2.72. The van der Waals surface area contributed by atoms with E-state index in [4.69, 9.17) is 4.74 Å². The number of aromatic hydroxyl groups is 1. The third-order valence-electron chi connectivity index (χ3n) is 4.65. The summed E-state index contributed by atoms with van der Waals surface area (Å²) in [4.78, 5) is 0. The zero-order valence-corrected chi connectivity index (χ0v) is 15.8. The van der Waals surface area contributed by atoms with Crippen LogP contribution >= 0.6 is 0 Å². The Hall–Kier alpha value is -2.99. The first-order valence-corrected chi connectivity index (χ1v) is 9.27. The van der Waals surface area contributed by atoms with Crippen molar-refractivity contribution in [2.24, 2.45) is 0 Å². The summed E-state index contributed by atoms with van der Waals surface area (Å²) in [7, 11) is 0. The zero-order chi connectivity index (χ0) is 21.0. The topological polar surface area (TPSA) is 49.7 Å². The molecule has 3 aromatic carbocycles. The average molecular weight is 402 g/mol. The second kappa shape index (κ2) is 9.01. The first-order chi connectivity index (χ1) is 13.9. The molecule has 2 N–H and O–H groups in total. The van der Waals surface area contributed by atoms with Crippen molar-refractivity contribution in [1.29, 1.82) is 0 Å². The highest BCUT2D eigenvalue weighted by Gasteiger charge is 2.14. The Labute approximate surface area is 167 Å². The van der Waals surface area contributed by atoms with Crippen molar-refractivity contribution in [2.75, 3.05) is 0 Å². The maximum Gasteiger partial charge on any atom is 0.200 e. The molecule has 0 aromatic heterocycles. The van der Waals surface area contributed by atoms with Gasteiger partial charge in [0.25, 0.3) is 0 Å². The van der Waals surface area contributed by atoms with Crippen LogP contribution in [0.3, 0.4) is 0 Å². The van der Waals surface area contributed by atoms with Gasteiger partial charge in [-0.15, -0.1) is 0 Å². The maximum absolute atomic E-state index is 14.3. The van der Waals surface area contributed by atoms with Crippen molar-refractivity contribution in [3.05, 3.63) is 83.2 Å². The third-order valence-corrected chi connectivity index (χ3v) is 4.65. The summed E-state index contributed by atoms with van der Waals surface area (Å²) < 4.78 is 47.3. The molecule has 0 bridgehead atoms. The van der Waals surface area contributed by atoms with Gasteiger partial charge in [-0.2, -0.15) is 4.39 Å². The van der Waals surface area contributed by atoms with E-state index < -0.39 is 29.3 Å². The Bertz CT molecular complexity index is 987. The number of phenolic OH excluding ortho intramolecular Hbond substituents is 1. The lowest BCUT2D eigenvalue weighted by Gasteiger charge is -2.12. The van der Waals surface area contributed by atoms with Crippen LogP contribution < -0.4 is 4.74 Å². The third kappa shape index (κ3) is 4.71. The summed E-state index contributed by atoms with van der Waals surface area (Å²) in [5.74, 6) is -3.21. The number of halogens is 3. The van der Waals surface area contributed by atoms with Gasteiger partial charge in [-0.1, -0.05) is 37.6 Å². The largest absolute Gasteiger partial charge is 0.505 e. The fraction of sp³-hybridized carbons (Fsp3) is 0.217. The summed E-state index contributed by atoms with van der Waals surface area (Å²) in [6.45, 7) is 1.93. The van der Waals surface area contributed by atoms with E-state index in [1.54, 1.807) is 36.4 Å². The van der Waals surface area contributed by atoms with Crippen LogP contribution in [0.15, 0.2) is 54.6 Å². The molecule has 0 aliphatic heterocycles. The van der Waals surface area contributed by atoms with Crippen molar-refractivity contribution >= 4 is 0 Å². The molecule has 0 saturated carbocycles. The van der Waals surface area contributed by atoms with Crippen LogP contribution in [0.2, 0.25) is 0 Å². The van der Waals surface area contributed by atoms with E-state index in [1.807, 2.05) is 6.92 Å². The smallest absolute Gasteiger partial charge is 0.200 e. The van der Waals surface area contributed by atoms with E-state index in [-0.39, 0.29) is 12.2 Å². The lowest BCUT2D eigenvalue weighted by Crippen LogP contribution is -2.02. The molecule has 1 unspecified atom stereocenters. The van der Waals surface area contributed by atoms with Gasteiger partial charge in [0.1, 0.15) is 18.2 Å². The fourth-order valence-electron chi connectivity index (χ4n) is 2.98. The van der Waals surface area contributed by atoms with Crippen LogP contribution in [0.4, 0.5) is 13.2 Å². The van der Waals surface area contributed by atoms with Gasteiger partial charge in [-0.25, -0.2) is 8.78 Å². The number of ether oxygens (including phenoxy) is 1. The molecule has 3 rings (SSSR count). The van der Waals surface area contributed by atoms with Crippen molar-refractivity contribution in [2.45, 2.75) is 32.5 Å². The zero-order valence-electron chi connectivity index (χ0n) is 15.8. The molecule has 3 aromatic rings.